The van der Waals surface area contributed by atoms with Crippen LogP contribution in [0.4, 0.5) is 11.4 Å². The predicted octanol–water partition coefficient (Wildman–Crippen LogP) is 4.13. The molecule has 3 aromatic rings. The smallest absolute Gasteiger partial charge is 0.308 e. The van der Waals surface area contributed by atoms with Crippen LogP contribution in [-0.2, 0) is 4.79 Å². The molecule has 0 saturated heterocycles. The van der Waals surface area contributed by atoms with Crippen LogP contribution in [0, 0.1) is 0 Å². The molecule has 0 fully saturated rings. The van der Waals surface area contributed by atoms with E-state index in [1.165, 1.54) is 20.1 Å². The minimum Gasteiger partial charge on any atom is -0.496 e. The molecule has 0 spiro atoms. The number of amides is 2. The fourth-order valence-electron chi connectivity index (χ4n) is 2.78. The molecule has 3 rings (SSSR count). The second kappa shape index (κ2) is 9.38. The number of anilines is 2. The average Bonchev–Trinajstić information content (AvgIpc) is 2.74. The summed E-state index contributed by atoms with van der Waals surface area (Å²) in [4.78, 5) is 36.5. The largest absolute Gasteiger partial charge is 0.496 e. The van der Waals surface area contributed by atoms with Crippen molar-refractivity contribution in [2.75, 3.05) is 17.7 Å². The third-order valence-electron chi connectivity index (χ3n) is 4.13. The van der Waals surface area contributed by atoms with E-state index in [0.29, 0.717) is 28.3 Å². The molecular formula is C23H20N2O5. The van der Waals surface area contributed by atoms with E-state index in [4.69, 9.17) is 9.47 Å². The molecule has 7 nitrogen and oxygen atoms in total. The molecule has 30 heavy (non-hydrogen) atoms. The summed E-state index contributed by atoms with van der Waals surface area (Å²) in [5.74, 6) is -0.544. The molecule has 152 valence electrons. The molecule has 7 heteroatoms. The maximum absolute atomic E-state index is 12.7. The van der Waals surface area contributed by atoms with Gasteiger partial charge in [-0.2, -0.15) is 0 Å². The van der Waals surface area contributed by atoms with Crippen LogP contribution in [-0.4, -0.2) is 24.9 Å². The van der Waals surface area contributed by atoms with Crippen LogP contribution in [0.25, 0.3) is 0 Å². The van der Waals surface area contributed by atoms with Gasteiger partial charge in [-0.15, -0.1) is 0 Å². The number of benzene rings is 3. The standard InChI is InChI=1S/C23H20N2O5/c1-15(26)30-17-9-7-8-16(14-17)22(27)24-19-11-4-5-12-20(19)25-23(28)18-10-3-6-13-21(18)29-2/h3-14H,1-2H3,(H,24,27)(H,25,28). The highest BCUT2D eigenvalue weighted by Gasteiger charge is 2.15. The van der Waals surface area contributed by atoms with Crippen molar-refractivity contribution < 1.29 is 23.9 Å². The molecule has 0 aliphatic heterocycles. The van der Waals surface area contributed by atoms with Gasteiger partial charge in [-0.25, -0.2) is 0 Å². The first kappa shape index (κ1) is 20.6. The summed E-state index contributed by atoms with van der Waals surface area (Å²) < 4.78 is 10.2. The number of hydrogen-bond donors (Lipinski definition) is 2. The quantitative estimate of drug-likeness (QED) is 0.476. The van der Waals surface area contributed by atoms with E-state index >= 15 is 0 Å². The zero-order chi connectivity index (χ0) is 21.5. The molecule has 0 unspecified atom stereocenters. The Labute approximate surface area is 173 Å². The minimum atomic E-state index is -0.475. The summed E-state index contributed by atoms with van der Waals surface area (Å²) >= 11 is 0. The van der Waals surface area contributed by atoms with Gasteiger partial charge < -0.3 is 20.1 Å². The van der Waals surface area contributed by atoms with Gasteiger partial charge in [0.2, 0.25) is 0 Å². The molecular weight excluding hydrogens is 384 g/mol. The van der Waals surface area contributed by atoms with Gasteiger partial charge in [-0.1, -0.05) is 30.3 Å². The molecule has 2 amide bonds. The van der Waals surface area contributed by atoms with E-state index < -0.39 is 11.9 Å². The molecule has 0 aliphatic rings. The van der Waals surface area contributed by atoms with Crippen molar-refractivity contribution in [3.63, 3.8) is 0 Å². The minimum absolute atomic E-state index is 0.271. The van der Waals surface area contributed by atoms with Gasteiger partial charge in [-0.3, -0.25) is 14.4 Å². The second-order valence-electron chi connectivity index (χ2n) is 6.28. The van der Waals surface area contributed by atoms with E-state index in [1.54, 1.807) is 66.7 Å². The lowest BCUT2D eigenvalue weighted by Crippen LogP contribution is -2.17. The van der Waals surface area contributed by atoms with Crippen LogP contribution in [0.15, 0.2) is 72.8 Å². The number of carbonyl (C=O) groups excluding carboxylic acids is 3. The number of nitrogens with one attached hydrogen (secondary N) is 2. The van der Waals surface area contributed by atoms with E-state index in [0.717, 1.165) is 0 Å². The van der Waals surface area contributed by atoms with Crippen LogP contribution in [0.2, 0.25) is 0 Å². The molecule has 0 aromatic heterocycles. The van der Waals surface area contributed by atoms with Gasteiger partial charge in [0.05, 0.1) is 24.0 Å². The van der Waals surface area contributed by atoms with Crippen LogP contribution in [0.3, 0.4) is 0 Å². The molecule has 3 aromatic carbocycles. The van der Waals surface area contributed by atoms with Crippen LogP contribution in [0.1, 0.15) is 27.6 Å². The van der Waals surface area contributed by atoms with Gasteiger partial charge in [-0.05, 0) is 42.5 Å². The molecule has 0 aliphatic carbocycles. The zero-order valence-corrected chi connectivity index (χ0v) is 16.5. The van der Waals surface area contributed by atoms with Gasteiger partial charge in [0.25, 0.3) is 11.8 Å². The van der Waals surface area contributed by atoms with E-state index in [9.17, 15) is 14.4 Å². The second-order valence-corrected chi connectivity index (χ2v) is 6.28. The Bertz CT molecular complexity index is 1090. The summed E-state index contributed by atoms with van der Waals surface area (Å²) in [6.07, 6.45) is 0. The number of esters is 1. The third-order valence-corrected chi connectivity index (χ3v) is 4.13. The summed E-state index contributed by atoms with van der Waals surface area (Å²) in [6.45, 7) is 1.29. The SMILES string of the molecule is COc1ccccc1C(=O)Nc1ccccc1NC(=O)c1cccc(OC(C)=O)c1. The third kappa shape index (κ3) is 5.02. The van der Waals surface area contributed by atoms with Crippen molar-refractivity contribution >= 4 is 29.2 Å². The number of ether oxygens (including phenoxy) is 2. The van der Waals surface area contributed by atoms with Gasteiger partial charge in [0.15, 0.2) is 0 Å². The maximum atomic E-state index is 12.7. The first-order chi connectivity index (χ1) is 14.5. The normalized spacial score (nSPS) is 10.1. The molecule has 2 N–H and O–H groups in total. The Balaban J connectivity index is 1.79. The topological polar surface area (TPSA) is 93.7 Å². The Hall–Kier alpha value is -4.13. The molecule has 0 heterocycles. The lowest BCUT2D eigenvalue weighted by atomic mass is 10.1. The van der Waals surface area contributed by atoms with Crippen molar-refractivity contribution in [1.29, 1.82) is 0 Å². The van der Waals surface area contributed by atoms with Gasteiger partial charge in [0, 0.05) is 12.5 Å². The highest BCUT2D eigenvalue weighted by atomic mass is 16.5. The fraction of sp³-hybridized carbons (Fsp3) is 0.0870. The Morgan fingerprint density at radius 1 is 0.767 bits per heavy atom. The molecule has 0 radical (unpaired) electrons. The highest BCUT2D eigenvalue weighted by molar-refractivity contribution is 6.10. The first-order valence-electron chi connectivity index (χ1n) is 9.11. The number of methoxy groups -OCH3 is 1. The van der Waals surface area contributed by atoms with Crippen molar-refractivity contribution in [2.45, 2.75) is 6.92 Å². The summed E-state index contributed by atoms with van der Waals surface area (Å²) in [7, 11) is 1.49. The van der Waals surface area contributed by atoms with Crippen LogP contribution >= 0.6 is 0 Å². The van der Waals surface area contributed by atoms with Crippen molar-refractivity contribution in [3.05, 3.63) is 83.9 Å². The molecule has 0 saturated carbocycles. The van der Waals surface area contributed by atoms with Gasteiger partial charge in [0.1, 0.15) is 11.5 Å². The van der Waals surface area contributed by atoms with E-state index in [2.05, 4.69) is 10.6 Å². The summed E-state index contributed by atoms with van der Waals surface area (Å²) in [5, 5.41) is 5.56. The summed E-state index contributed by atoms with van der Waals surface area (Å²) in [5.41, 5.74) is 1.52. The van der Waals surface area contributed by atoms with Gasteiger partial charge >= 0.3 is 5.97 Å². The van der Waals surface area contributed by atoms with Crippen LogP contribution < -0.4 is 20.1 Å². The Morgan fingerprint density at radius 3 is 2.07 bits per heavy atom. The highest BCUT2D eigenvalue weighted by Crippen LogP contribution is 2.25. The lowest BCUT2D eigenvalue weighted by molar-refractivity contribution is -0.131. The maximum Gasteiger partial charge on any atom is 0.308 e. The number of para-hydroxylation sites is 3. The predicted molar refractivity (Wildman–Crippen MR) is 113 cm³/mol. The molecule has 0 atom stereocenters. The summed E-state index contributed by atoms with van der Waals surface area (Å²) in [6, 6.07) is 19.9. The first-order valence-corrected chi connectivity index (χ1v) is 9.11. The molecule has 0 bridgehead atoms. The van der Waals surface area contributed by atoms with E-state index in [1.807, 2.05) is 0 Å². The zero-order valence-electron chi connectivity index (χ0n) is 16.5. The Morgan fingerprint density at radius 2 is 1.40 bits per heavy atom. The monoisotopic (exact) mass is 404 g/mol. The Kier molecular flexibility index (Phi) is 6.44. The van der Waals surface area contributed by atoms with Crippen LogP contribution in [0.5, 0.6) is 11.5 Å². The fourth-order valence-corrected chi connectivity index (χ4v) is 2.78. The number of rotatable bonds is 6. The lowest BCUT2D eigenvalue weighted by Gasteiger charge is -2.14. The van der Waals surface area contributed by atoms with Crippen molar-refractivity contribution in [2.24, 2.45) is 0 Å². The van der Waals surface area contributed by atoms with Crippen molar-refractivity contribution in [3.8, 4) is 11.5 Å². The van der Waals surface area contributed by atoms with Crippen molar-refractivity contribution in [1.82, 2.24) is 0 Å². The average molecular weight is 404 g/mol. The van der Waals surface area contributed by atoms with E-state index in [-0.39, 0.29) is 11.7 Å². The number of hydrogen-bond acceptors (Lipinski definition) is 5. The number of carbonyl (C=O) groups is 3.